The minimum absolute atomic E-state index is 0.299. The average Bonchev–Trinajstić information content (AvgIpc) is 2.51. The first kappa shape index (κ1) is 9.86. The second-order valence-electron chi connectivity index (χ2n) is 3.27. The van der Waals surface area contributed by atoms with Crippen molar-refractivity contribution in [3.05, 3.63) is 0 Å². The van der Waals surface area contributed by atoms with E-state index in [0.29, 0.717) is 18.3 Å². The number of nitrogens with one attached hydrogen (secondary N) is 1. The van der Waals surface area contributed by atoms with E-state index in [2.05, 4.69) is 11.9 Å². The minimum Gasteiger partial charge on any atom is -0.388 e. The second-order valence-corrected chi connectivity index (χ2v) is 4.42. The molecule has 0 aromatic carbocycles. The van der Waals surface area contributed by atoms with Crippen molar-refractivity contribution in [2.75, 3.05) is 25.1 Å². The molecule has 4 heteroatoms. The van der Waals surface area contributed by atoms with Crippen molar-refractivity contribution in [2.24, 2.45) is 5.73 Å². The van der Waals surface area contributed by atoms with Gasteiger partial charge in [-0.05, 0) is 19.2 Å². The third-order valence-electron chi connectivity index (χ3n) is 2.26. The molecule has 1 aliphatic rings. The van der Waals surface area contributed by atoms with Crippen LogP contribution in [0.2, 0.25) is 0 Å². The third-order valence-corrected chi connectivity index (χ3v) is 3.41. The molecule has 0 saturated carbocycles. The molecule has 12 heavy (non-hydrogen) atoms. The fourth-order valence-electron chi connectivity index (χ4n) is 1.35. The summed E-state index contributed by atoms with van der Waals surface area (Å²) in [4.78, 5) is 2.32. The van der Waals surface area contributed by atoms with Crippen LogP contribution >= 0.6 is 11.8 Å². The van der Waals surface area contributed by atoms with Gasteiger partial charge in [0.05, 0.1) is 5.84 Å². The Morgan fingerprint density at radius 1 is 1.75 bits per heavy atom. The van der Waals surface area contributed by atoms with Gasteiger partial charge in [-0.25, -0.2) is 0 Å². The van der Waals surface area contributed by atoms with Gasteiger partial charge in [-0.2, -0.15) is 11.8 Å². The van der Waals surface area contributed by atoms with E-state index >= 15 is 0 Å². The topological polar surface area (TPSA) is 53.1 Å². The fraction of sp³-hybridized carbons (Fsp3) is 0.875. The van der Waals surface area contributed by atoms with Crippen LogP contribution in [0.3, 0.4) is 0 Å². The molecule has 70 valence electrons. The number of amidine groups is 1. The number of nitrogens with two attached hydrogens (primary N) is 1. The Labute approximate surface area is 78.2 Å². The highest BCUT2D eigenvalue weighted by atomic mass is 32.2. The summed E-state index contributed by atoms with van der Waals surface area (Å²) >= 11 is 2.02. The minimum atomic E-state index is 0.299. The van der Waals surface area contributed by atoms with Gasteiger partial charge in [-0.15, -0.1) is 0 Å². The summed E-state index contributed by atoms with van der Waals surface area (Å²) in [5.74, 6) is 2.83. The zero-order chi connectivity index (χ0) is 8.97. The van der Waals surface area contributed by atoms with Crippen LogP contribution in [0.15, 0.2) is 0 Å². The second kappa shape index (κ2) is 4.72. The largest absolute Gasteiger partial charge is 0.388 e. The van der Waals surface area contributed by atoms with Crippen LogP contribution in [0, 0.1) is 5.41 Å². The third kappa shape index (κ3) is 3.03. The van der Waals surface area contributed by atoms with Crippen LogP contribution in [-0.4, -0.2) is 41.9 Å². The molecule has 0 bridgehead atoms. The molecule has 1 heterocycles. The van der Waals surface area contributed by atoms with Gasteiger partial charge in [0, 0.05) is 24.8 Å². The van der Waals surface area contributed by atoms with Crippen molar-refractivity contribution in [1.29, 1.82) is 5.41 Å². The van der Waals surface area contributed by atoms with Crippen LogP contribution in [0.4, 0.5) is 0 Å². The van der Waals surface area contributed by atoms with Gasteiger partial charge >= 0.3 is 0 Å². The number of hydrogen-bond donors (Lipinski definition) is 2. The van der Waals surface area contributed by atoms with E-state index in [1.54, 1.807) is 0 Å². The number of thioether (sulfide) groups is 1. The first-order valence-electron chi connectivity index (χ1n) is 4.31. The zero-order valence-corrected chi connectivity index (χ0v) is 8.36. The van der Waals surface area contributed by atoms with E-state index in [-0.39, 0.29) is 0 Å². The highest BCUT2D eigenvalue weighted by molar-refractivity contribution is 7.99. The first-order valence-corrected chi connectivity index (χ1v) is 5.46. The van der Waals surface area contributed by atoms with Crippen molar-refractivity contribution >= 4 is 17.6 Å². The Kier molecular flexibility index (Phi) is 3.88. The highest BCUT2D eigenvalue weighted by Gasteiger charge is 2.19. The van der Waals surface area contributed by atoms with Crippen LogP contribution in [0.1, 0.15) is 12.8 Å². The van der Waals surface area contributed by atoms with Gasteiger partial charge in [0.1, 0.15) is 0 Å². The maximum Gasteiger partial charge on any atom is 0.0918 e. The van der Waals surface area contributed by atoms with Crippen LogP contribution in [0.25, 0.3) is 0 Å². The van der Waals surface area contributed by atoms with Gasteiger partial charge < -0.3 is 10.6 Å². The quantitative estimate of drug-likeness (QED) is 0.504. The molecule has 0 aromatic rings. The Morgan fingerprint density at radius 2 is 2.50 bits per heavy atom. The van der Waals surface area contributed by atoms with Crippen LogP contribution in [-0.2, 0) is 0 Å². The summed E-state index contributed by atoms with van der Waals surface area (Å²) in [6, 6.07) is 0.717. The molecule has 1 aliphatic heterocycles. The fourth-order valence-corrected chi connectivity index (χ4v) is 2.65. The summed E-state index contributed by atoms with van der Waals surface area (Å²) in [7, 11) is 2.12. The van der Waals surface area contributed by atoms with Gasteiger partial charge in [0.25, 0.3) is 0 Å². The lowest BCUT2D eigenvalue weighted by atomic mass is 10.2. The van der Waals surface area contributed by atoms with Gasteiger partial charge in [-0.3, -0.25) is 5.41 Å². The molecule has 1 unspecified atom stereocenters. The van der Waals surface area contributed by atoms with E-state index in [0.717, 1.165) is 6.54 Å². The zero-order valence-electron chi connectivity index (χ0n) is 7.55. The molecule has 0 aromatic heterocycles. The lowest BCUT2D eigenvalue weighted by Gasteiger charge is -2.22. The van der Waals surface area contributed by atoms with E-state index in [4.69, 9.17) is 11.1 Å². The maximum atomic E-state index is 7.10. The molecule has 0 spiro atoms. The molecule has 3 N–H and O–H groups in total. The van der Waals surface area contributed by atoms with Gasteiger partial charge in [0.15, 0.2) is 0 Å². The Morgan fingerprint density at radius 3 is 3.00 bits per heavy atom. The number of hydrogen-bond acceptors (Lipinski definition) is 3. The average molecular weight is 187 g/mol. The molecule has 0 radical (unpaired) electrons. The molecule has 0 aliphatic carbocycles. The van der Waals surface area contributed by atoms with Gasteiger partial charge in [-0.1, -0.05) is 0 Å². The van der Waals surface area contributed by atoms with E-state index < -0.39 is 0 Å². The Bertz CT molecular complexity index is 154. The first-order chi connectivity index (χ1) is 5.70. The Balaban J connectivity index is 2.17. The molecular formula is C8H17N3S. The van der Waals surface area contributed by atoms with Crippen LogP contribution < -0.4 is 5.73 Å². The monoisotopic (exact) mass is 187 g/mol. The van der Waals surface area contributed by atoms with E-state index in [1.807, 2.05) is 11.8 Å². The summed E-state index contributed by atoms with van der Waals surface area (Å²) in [6.45, 7) is 0.931. The maximum absolute atomic E-state index is 7.10. The summed E-state index contributed by atoms with van der Waals surface area (Å²) in [6.07, 6.45) is 2.00. The lowest BCUT2D eigenvalue weighted by Crippen LogP contribution is -2.34. The summed E-state index contributed by atoms with van der Waals surface area (Å²) in [5, 5.41) is 7.10. The Hall–Kier alpha value is -0.220. The van der Waals surface area contributed by atoms with Crippen LogP contribution in [0.5, 0.6) is 0 Å². The highest BCUT2D eigenvalue weighted by Crippen LogP contribution is 2.21. The van der Waals surface area contributed by atoms with Crippen molar-refractivity contribution in [3.8, 4) is 0 Å². The van der Waals surface area contributed by atoms with Crippen molar-refractivity contribution in [3.63, 3.8) is 0 Å². The van der Waals surface area contributed by atoms with Crippen molar-refractivity contribution in [1.82, 2.24) is 4.90 Å². The van der Waals surface area contributed by atoms with Gasteiger partial charge in [0.2, 0.25) is 0 Å². The van der Waals surface area contributed by atoms with Crippen molar-refractivity contribution < 1.29 is 0 Å². The number of nitrogens with zero attached hydrogens (tertiary/aromatic N) is 1. The molecule has 1 fully saturated rings. The SMILES string of the molecule is CN(CCC(=N)N)C1CCSC1. The molecule has 1 saturated heterocycles. The van der Waals surface area contributed by atoms with Crippen molar-refractivity contribution in [2.45, 2.75) is 18.9 Å². The molecule has 1 rings (SSSR count). The van der Waals surface area contributed by atoms with E-state index in [1.165, 1.54) is 17.9 Å². The molecule has 3 nitrogen and oxygen atoms in total. The predicted octanol–water partition coefficient (Wildman–Crippen LogP) is 0.750. The standard InChI is InChI=1S/C8H17N3S/c1-11(4-2-8(9)10)7-3-5-12-6-7/h7H,2-6H2,1H3,(H3,9,10). The molecular weight excluding hydrogens is 170 g/mol. The normalized spacial score (nSPS) is 23.3. The van der Waals surface area contributed by atoms with E-state index in [9.17, 15) is 0 Å². The smallest absolute Gasteiger partial charge is 0.0918 e. The molecule has 0 amide bonds. The number of rotatable bonds is 4. The predicted molar refractivity (Wildman–Crippen MR) is 54.9 cm³/mol. The molecule has 1 atom stereocenters. The summed E-state index contributed by atoms with van der Waals surface area (Å²) in [5.41, 5.74) is 5.29. The summed E-state index contributed by atoms with van der Waals surface area (Å²) < 4.78 is 0. The lowest BCUT2D eigenvalue weighted by molar-refractivity contribution is 0.270.